The summed E-state index contributed by atoms with van der Waals surface area (Å²) in [5.74, 6) is 0. The normalized spacial score (nSPS) is 6.29. The highest BCUT2D eigenvalue weighted by molar-refractivity contribution is 7.95. The van der Waals surface area contributed by atoms with Crippen molar-refractivity contribution in [3.05, 3.63) is 0 Å². The largest absolute Gasteiger partial charge is 0.575 e. The average molecular weight is 162 g/mol. The zero-order valence-corrected chi connectivity index (χ0v) is 6.72. The fourth-order valence-corrected chi connectivity index (χ4v) is 0. The standard InChI is InChI=1S/C3H8.Cl2OP/c1-3-2;1-4(2)3/h3H2,1-2H3;/q;+1. The Labute approximate surface area is 54.4 Å². The Hall–Kier alpha value is 0.680. The van der Waals surface area contributed by atoms with Crippen molar-refractivity contribution in [3.8, 4) is 0 Å². The van der Waals surface area contributed by atoms with E-state index < -0.39 is 6.51 Å². The maximum Gasteiger partial charge on any atom is 0.575 e. The number of hydrogen-bond acceptors (Lipinski definition) is 1. The van der Waals surface area contributed by atoms with Crippen molar-refractivity contribution in [1.82, 2.24) is 0 Å². The van der Waals surface area contributed by atoms with Gasteiger partial charge in [-0.05, 0) is 4.57 Å². The molecule has 4 heteroatoms. The molecular weight excluding hydrogens is 154 g/mol. The van der Waals surface area contributed by atoms with Crippen LogP contribution >= 0.6 is 29.0 Å². The predicted octanol–water partition coefficient (Wildman–Crippen LogP) is 3.54. The van der Waals surface area contributed by atoms with Crippen LogP contribution in [0.1, 0.15) is 20.3 Å². The Morgan fingerprint density at radius 1 is 1.43 bits per heavy atom. The minimum Gasteiger partial charge on any atom is -0.0656 e. The predicted molar refractivity (Wildman–Crippen MR) is 35.3 cm³/mol. The first-order valence-corrected chi connectivity index (χ1v) is 5.00. The molecule has 0 fully saturated rings. The van der Waals surface area contributed by atoms with E-state index in [0.29, 0.717) is 0 Å². The van der Waals surface area contributed by atoms with Gasteiger partial charge in [0.05, 0.1) is 0 Å². The van der Waals surface area contributed by atoms with E-state index in [9.17, 15) is 0 Å². The van der Waals surface area contributed by atoms with Crippen LogP contribution in [0.5, 0.6) is 0 Å². The zero-order chi connectivity index (χ0) is 6.28. The van der Waals surface area contributed by atoms with E-state index in [1.165, 1.54) is 6.42 Å². The van der Waals surface area contributed by atoms with Crippen LogP contribution in [0.3, 0.4) is 0 Å². The van der Waals surface area contributed by atoms with Crippen molar-refractivity contribution in [2.75, 3.05) is 0 Å². The molecule has 0 saturated carbocycles. The SMILES string of the molecule is CCC.O=[P+](Cl)Cl. The molecule has 7 heavy (non-hydrogen) atoms. The summed E-state index contributed by atoms with van der Waals surface area (Å²) in [7, 11) is 0. The van der Waals surface area contributed by atoms with E-state index in [4.69, 9.17) is 4.57 Å². The van der Waals surface area contributed by atoms with E-state index >= 15 is 0 Å². The number of hydrogen-bond donors (Lipinski definition) is 0. The van der Waals surface area contributed by atoms with Crippen LogP contribution in [-0.2, 0) is 4.57 Å². The Morgan fingerprint density at radius 3 is 1.43 bits per heavy atom. The van der Waals surface area contributed by atoms with Crippen LogP contribution in [0.15, 0.2) is 0 Å². The third-order valence-electron chi connectivity index (χ3n) is 0. The summed E-state index contributed by atoms with van der Waals surface area (Å²) in [6.07, 6.45) is 1.25. The zero-order valence-electron chi connectivity index (χ0n) is 4.32. The van der Waals surface area contributed by atoms with Crippen LogP contribution in [0.2, 0.25) is 0 Å². The first-order valence-electron chi connectivity index (χ1n) is 1.93. The minimum absolute atomic E-state index is 1.25. The van der Waals surface area contributed by atoms with Gasteiger partial charge in [0.1, 0.15) is 0 Å². The van der Waals surface area contributed by atoms with Gasteiger partial charge >= 0.3 is 6.51 Å². The highest BCUT2D eigenvalue weighted by atomic mass is 35.9. The quantitative estimate of drug-likeness (QED) is 0.497. The molecule has 0 spiro atoms. The molecule has 0 aromatic carbocycles. The number of halogens is 2. The lowest BCUT2D eigenvalue weighted by atomic mass is 10.6. The van der Waals surface area contributed by atoms with Crippen molar-refractivity contribution in [1.29, 1.82) is 0 Å². The molecule has 0 aliphatic rings. The molecule has 1 nitrogen and oxygen atoms in total. The van der Waals surface area contributed by atoms with Gasteiger partial charge in [-0.3, -0.25) is 0 Å². The second-order valence-corrected chi connectivity index (χ2v) is 3.67. The first kappa shape index (κ1) is 10.6. The molecule has 0 aliphatic heterocycles. The molecule has 0 amide bonds. The Morgan fingerprint density at radius 2 is 1.43 bits per heavy atom. The number of rotatable bonds is 0. The van der Waals surface area contributed by atoms with Crippen molar-refractivity contribution in [2.45, 2.75) is 20.3 Å². The molecule has 0 N–H and O–H groups in total. The minimum atomic E-state index is -1.93. The Kier molecular flexibility index (Phi) is 14.9. The molecule has 0 aromatic rings. The average Bonchev–Trinajstić information content (AvgIpc) is 1.33. The molecule has 44 valence electrons. The van der Waals surface area contributed by atoms with Crippen LogP contribution in [0.4, 0.5) is 0 Å². The maximum absolute atomic E-state index is 9.12. The monoisotopic (exact) mass is 161 g/mol. The van der Waals surface area contributed by atoms with E-state index in [1.54, 1.807) is 0 Å². The van der Waals surface area contributed by atoms with Crippen molar-refractivity contribution < 1.29 is 4.57 Å². The lowest BCUT2D eigenvalue weighted by Gasteiger charge is -1.48. The van der Waals surface area contributed by atoms with Crippen molar-refractivity contribution in [2.24, 2.45) is 0 Å². The summed E-state index contributed by atoms with van der Waals surface area (Å²) in [6.45, 7) is 2.32. The van der Waals surface area contributed by atoms with E-state index in [2.05, 4.69) is 36.3 Å². The van der Waals surface area contributed by atoms with Gasteiger partial charge in [0.25, 0.3) is 0 Å². The summed E-state index contributed by atoms with van der Waals surface area (Å²) in [6, 6.07) is 0. The van der Waals surface area contributed by atoms with Crippen LogP contribution in [0, 0.1) is 0 Å². The molecule has 0 saturated heterocycles. The molecule has 0 rings (SSSR count). The van der Waals surface area contributed by atoms with Gasteiger partial charge in [-0.25, -0.2) is 0 Å². The fourth-order valence-electron chi connectivity index (χ4n) is 0. The second kappa shape index (κ2) is 9.84. The van der Waals surface area contributed by atoms with Gasteiger partial charge < -0.3 is 0 Å². The maximum atomic E-state index is 9.12. The molecule has 0 bridgehead atoms. The third-order valence-corrected chi connectivity index (χ3v) is 0. The molecule has 0 radical (unpaired) electrons. The molecular formula is C3H8Cl2OP+. The van der Waals surface area contributed by atoms with Crippen LogP contribution in [0.25, 0.3) is 0 Å². The summed E-state index contributed by atoms with van der Waals surface area (Å²) >= 11 is 9.10. The van der Waals surface area contributed by atoms with Gasteiger partial charge in [-0.15, -0.1) is 0 Å². The first-order chi connectivity index (χ1) is 3.15. The lowest BCUT2D eigenvalue weighted by Crippen LogP contribution is -1.27. The topological polar surface area (TPSA) is 17.1 Å². The smallest absolute Gasteiger partial charge is 0.0656 e. The van der Waals surface area contributed by atoms with Gasteiger partial charge in [0.15, 0.2) is 0 Å². The van der Waals surface area contributed by atoms with Gasteiger partial charge in [-0.1, -0.05) is 20.3 Å². The highest BCUT2D eigenvalue weighted by Gasteiger charge is 1.97. The van der Waals surface area contributed by atoms with Gasteiger partial charge in [-0.2, -0.15) is 0 Å². The molecule has 0 aliphatic carbocycles. The van der Waals surface area contributed by atoms with Crippen molar-refractivity contribution >= 4 is 29.0 Å². The Balaban J connectivity index is 0. The molecule has 0 atom stereocenters. The third kappa shape index (κ3) is 316. The Bertz CT molecular complexity index is 44.2. The van der Waals surface area contributed by atoms with Crippen LogP contribution < -0.4 is 0 Å². The summed E-state index contributed by atoms with van der Waals surface area (Å²) in [5, 5.41) is 0. The van der Waals surface area contributed by atoms with Crippen LogP contribution in [-0.4, -0.2) is 0 Å². The van der Waals surface area contributed by atoms with E-state index in [-0.39, 0.29) is 0 Å². The van der Waals surface area contributed by atoms with Gasteiger partial charge in [0, 0.05) is 0 Å². The summed E-state index contributed by atoms with van der Waals surface area (Å²) in [4.78, 5) is 0. The lowest BCUT2D eigenvalue weighted by molar-refractivity contribution is 0.602. The van der Waals surface area contributed by atoms with E-state index in [0.717, 1.165) is 0 Å². The summed E-state index contributed by atoms with van der Waals surface area (Å²) < 4.78 is 9.12. The molecule has 0 unspecified atom stereocenters. The molecule has 0 heterocycles. The van der Waals surface area contributed by atoms with Crippen molar-refractivity contribution in [3.63, 3.8) is 0 Å². The molecule has 0 aromatic heterocycles. The fraction of sp³-hybridized carbons (Fsp3) is 1.00. The van der Waals surface area contributed by atoms with E-state index in [1.807, 2.05) is 0 Å². The second-order valence-electron chi connectivity index (χ2n) is 0.909. The summed E-state index contributed by atoms with van der Waals surface area (Å²) in [5.41, 5.74) is 0. The van der Waals surface area contributed by atoms with Gasteiger partial charge in [0.2, 0.25) is 22.5 Å². The highest BCUT2D eigenvalue weighted by Crippen LogP contribution is 2.31.